The summed E-state index contributed by atoms with van der Waals surface area (Å²) >= 11 is 1.56. The minimum atomic E-state index is 0.0242. The molecule has 0 bridgehead atoms. The van der Waals surface area contributed by atoms with Gasteiger partial charge in [-0.1, -0.05) is 12.1 Å². The average molecular weight is 233 g/mol. The van der Waals surface area contributed by atoms with Gasteiger partial charge in [0.05, 0.1) is 12.3 Å². The third-order valence-corrected chi connectivity index (χ3v) is 3.71. The highest BCUT2D eigenvalue weighted by Crippen LogP contribution is 2.28. The van der Waals surface area contributed by atoms with Crippen molar-refractivity contribution < 1.29 is 5.11 Å². The Bertz CT molecular complexity index is 517. The average Bonchev–Trinajstić information content (AvgIpc) is 2.64. The minimum absolute atomic E-state index is 0.0242. The summed E-state index contributed by atoms with van der Waals surface area (Å²) < 4.78 is 0. The highest BCUT2D eigenvalue weighted by molar-refractivity contribution is 7.12. The second kappa shape index (κ2) is 4.36. The van der Waals surface area contributed by atoms with E-state index in [1.54, 1.807) is 11.3 Å². The van der Waals surface area contributed by atoms with Gasteiger partial charge in [0, 0.05) is 10.4 Å². The smallest absolute Gasteiger partial charge is 0.119 e. The van der Waals surface area contributed by atoms with E-state index in [1.807, 2.05) is 6.92 Å². The summed E-state index contributed by atoms with van der Waals surface area (Å²) in [7, 11) is 0. The second-order valence-electron chi connectivity index (χ2n) is 3.97. The molecular weight excluding hydrogens is 218 g/mol. The molecule has 2 aromatic rings. The Morgan fingerprint density at radius 2 is 1.94 bits per heavy atom. The summed E-state index contributed by atoms with van der Waals surface area (Å²) in [4.78, 5) is 5.60. The number of benzene rings is 1. The van der Waals surface area contributed by atoms with Gasteiger partial charge in [0.15, 0.2) is 0 Å². The molecule has 84 valence electrons. The molecule has 0 saturated heterocycles. The SMILES string of the molecule is Cc1ccc(-c2nc(CO)sc2C)cc1C. The number of aryl methyl sites for hydroxylation is 3. The van der Waals surface area contributed by atoms with E-state index in [-0.39, 0.29) is 6.61 Å². The summed E-state index contributed by atoms with van der Waals surface area (Å²) in [6, 6.07) is 6.35. The molecule has 0 aliphatic heterocycles. The molecule has 0 saturated carbocycles. The van der Waals surface area contributed by atoms with E-state index in [4.69, 9.17) is 5.11 Å². The Hall–Kier alpha value is -1.19. The predicted molar refractivity (Wildman–Crippen MR) is 67.7 cm³/mol. The lowest BCUT2D eigenvalue weighted by Gasteiger charge is -2.03. The number of hydrogen-bond donors (Lipinski definition) is 1. The molecule has 2 nitrogen and oxygen atoms in total. The van der Waals surface area contributed by atoms with E-state index in [0.29, 0.717) is 0 Å². The van der Waals surface area contributed by atoms with E-state index < -0.39 is 0 Å². The number of thiazole rings is 1. The quantitative estimate of drug-likeness (QED) is 0.864. The van der Waals surface area contributed by atoms with Gasteiger partial charge in [-0.2, -0.15) is 0 Å². The van der Waals surface area contributed by atoms with Gasteiger partial charge in [-0.15, -0.1) is 11.3 Å². The summed E-state index contributed by atoms with van der Waals surface area (Å²) in [6.45, 7) is 6.28. The number of aromatic nitrogens is 1. The highest BCUT2D eigenvalue weighted by atomic mass is 32.1. The van der Waals surface area contributed by atoms with Gasteiger partial charge >= 0.3 is 0 Å². The van der Waals surface area contributed by atoms with Crippen LogP contribution in [0.5, 0.6) is 0 Å². The van der Waals surface area contributed by atoms with E-state index in [0.717, 1.165) is 21.1 Å². The summed E-state index contributed by atoms with van der Waals surface area (Å²) in [5.74, 6) is 0. The first-order valence-corrected chi connectivity index (χ1v) is 6.08. The van der Waals surface area contributed by atoms with Crippen molar-refractivity contribution >= 4 is 11.3 Å². The zero-order valence-electron chi connectivity index (χ0n) is 9.74. The molecule has 0 amide bonds. The first-order valence-electron chi connectivity index (χ1n) is 5.26. The molecule has 0 spiro atoms. The first-order chi connectivity index (χ1) is 7.61. The number of nitrogens with zero attached hydrogens (tertiary/aromatic N) is 1. The van der Waals surface area contributed by atoms with Gasteiger partial charge in [-0.25, -0.2) is 4.98 Å². The molecule has 3 heteroatoms. The molecule has 0 fully saturated rings. The van der Waals surface area contributed by atoms with Crippen LogP contribution in [-0.4, -0.2) is 10.1 Å². The van der Waals surface area contributed by atoms with Crippen LogP contribution in [0, 0.1) is 20.8 Å². The zero-order chi connectivity index (χ0) is 11.7. The molecule has 0 aliphatic carbocycles. The number of aliphatic hydroxyl groups excluding tert-OH is 1. The van der Waals surface area contributed by atoms with Gasteiger partial charge in [0.25, 0.3) is 0 Å². The molecule has 1 aromatic carbocycles. The van der Waals surface area contributed by atoms with E-state index in [1.165, 1.54) is 11.1 Å². The maximum Gasteiger partial charge on any atom is 0.119 e. The van der Waals surface area contributed by atoms with Gasteiger partial charge < -0.3 is 5.11 Å². The van der Waals surface area contributed by atoms with Crippen molar-refractivity contribution in [3.63, 3.8) is 0 Å². The normalized spacial score (nSPS) is 10.8. The van der Waals surface area contributed by atoms with Crippen molar-refractivity contribution in [1.82, 2.24) is 4.98 Å². The lowest BCUT2D eigenvalue weighted by Crippen LogP contribution is -1.86. The van der Waals surface area contributed by atoms with Crippen molar-refractivity contribution in [1.29, 1.82) is 0 Å². The number of rotatable bonds is 2. The van der Waals surface area contributed by atoms with Gasteiger partial charge in [0.1, 0.15) is 5.01 Å². The topological polar surface area (TPSA) is 33.1 Å². The zero-order valence-corrected chi connectivity index (χ0v) is 10.6. The van der Waals surface area contributed by atoms with Crippen LogP contribution in [0.2, 0.25) is 0 Å². The Balaban J connectivity index is 2.49. The molecule has 1 N–H and O–H groups in total. The molecular formula is C13H15NOS. The lowest BCUT2D eigenvalue weighted by molar-refractivity contribution is 0.281. The highest BCUT2D eigenvalue weighted by Gasteiger charge is 2.09. The molecule has 0 unspecified atom stereocenters. The number of aliphatic hydroxyl groups is 1. The maximum atomic E-state index is 9.07. The summed E-state index contributed by atoms with van der Waals surface area (Å²) in [5, 5.41) is 9.85. The van der Waals surface area contributed by atoms with Crippen LogP contribution in [0.4, 0.5) is 0 Å². The lowest BCUT2D eigenvalue weighted by atomic mass is 10.0. The molecule has 0 atom stereocenters. The van der Waals surface area contributed by atoms with Crippen LogP contribution < -0.4 is 0 Å². The van der Waals surface area contributed by atoms with E-state index in [9.17, 15) is 0 Å². The largest absolute Gasteiger partial charge is 0.389 e. The van der Waals surface area contributed by atoms with Crippen LogP contribution in [0.3, 0.4) is 0 Å². The fraction of sp³-hybridized carbons (Fsp3) is 0.308. The first kappa shape index (κ1) is 11.3. The molecule has 16 heavy (non-hydrogen) atoms. The Morgan fingerprint density at radius 3 is 2.50 bits per heavy atom. The van der Waals surface area contributed by atoms with Crippen molar-refractivity contribution in [3.8, 4) is 11.3 Å². The molecule has 0 aliphatic rings. The van der Waals surface area contributed by atoms with Crippen LogP contribution in [0.1, 0.15) is 21.0 Å². The van der Waals surface area contributed by atoms with Crippen molar-refractivity contribution in [3.05, 3.63) is 39.2 Å². The van der Waals surface area contributed by atoms with Gasteiger partial charge in [0.2, 0.25) is 0 Å². The fourth-order valence-corrected chi connectivity index (χ4v) is 2.49. The Kier molecular flexibility index (Phi) is 3.08. The van der Waals surface area contributed by atoms with Crippen molar-refractivity contribution in [2.24, 2.45) is 0 Å². The monoisotopic (exact) mass is 233 g/mol. The molecule has 0 radical (unpaired) electrons. The standard InChI is InChI=1S/C13H15NOS/c1-8-4-5-11(6-9(8)2)13-10(3)16-12(7-15)14-13/h4-6,15H,7H2,1-3H3. The number of hydrogen-bond acceptors (Lipinski definition) is 3. The minimum Gasteiger partial charge on any atom is -0.389 e. The van der Waals surface area contributed by atoms with E-state index >= 15 is 0 Å². The second-order valence-corrected chi connectivity index (χ2v) is 5.26. The Morgan fingerprint density at radius 1 is 1.19 bits per heavy atom. The van der Waals surface area contributed by atoms with Crippen LogP contribution in [0.25, 0.3) is 11.3 Å². The summed E-state index contributed by atoms with van der Waals surface area (Å²) in [6.07, 6.45) is 0. The van der Waals surface area contributed by atoms with Crippen molar-refractivity contribution in [2.45, 2.75) is 27.4 Å². The third kappa shape index (κ3) is 2.01. The van der Waals surface area contributed by atoms with E-state index in [2.05, 4.69) is 37.0 Å². The molecule has 1 aromatic heterocycles. The fourth-order valence-electron chi connectivity index (χ4n) is 1.68. The third-order valence-electron chi connectivity index (χ3n) is 2.76. The molecule has 1 heterocycles. The van der Waals surface area contributed by atoms with Gasteiger partial charge in [-0.3, -0.25) is 0 Å². The summed E-state index contributed by atoms with van der Waals surface area (Å²) in [5.41, 5.74) is 4.70. The van der Waals surface area contributed by atoms with Crippen LogP contribution in [0.15, 0.2) is 18.2 Å². The Labute approximate surface area is 99.6 Å². The van der Waals surface area contributed by atoms with Crippen LogP contribution >= 0.6 is 11.3 Å². The predicted octanol–water partition coefficient (Wildman–Crippen LogP) is 3.23. The van der Waals surface area contributed by atoms with Gasteiger partial charge in [-0.05, 0) is 38.0 Å². The maximum absolute atomic E-state index is 9.07. The van der Waals surface area contributed by atoms with Crippen molar-refractivity contribution in [2.75, 3.05) is 0 Å². The molecule has 2 rings (SSSR count). The van der Waals surface area contributed by atoms with Crippen LogP contribution in [-0.2, 0) is 6.61 Å².